The Morgan fingerprint density at radius 1 is 0.929 bits per heavy atom. The number of benzene rings is 2. The molecule has 6 heteroatoms. The maximum Gasteiger partial charge on any atom is 0.259 e. The molecule has 0 unspecified atom stereocenters. The van der Waals surface area contributed by atoms with Gasteiger partial charge in [-0.3, -0.25) is 9.59 Å². The average molecular weight is 387 g/mol. The number of anilines is 1. The molecule has 0 aliphatic rings. The second-order valence-electron chi connectivity index (χ2n) is 6.20. The molecule has 2 aromatic carbocycles. The summed E-state index contributed by atoms with van der Waals surface area (Å²) in [5.74, 6) is -0.409. The monoisotopic (exact) mass is 387 g/mol. The Labute approximate surface area is 166 Å². The van der Waals surface area contributed by atoms with Crippen LogP contribution in [0.25, 0.3) is 16.3 Å². The van der Waals surface area contributed by atoms with Crippen LogP contribution in [0.1, 0.15) is 27.6 Å². The summed E-state index contributed by atoms with van der Waals surface area (Å²) >= 11 is 1.52. The molecule has 1 N–H and O–H groups in total. The van der Waals surface area contributed by atoms with Crippen molar-refractivity contribution in [3.63, 3.8) is 0 Å². The molecule has 0 saturated carbocycles. The standard InChI is InChI=1S/C22H17N3O2S/c1-15(26)17-10-5-6-11-19(17)23-22(27)18-14-25(16-8-3-2-4-9-16)24-21(18)20-12-7-13-28-20/h2-14H,1H3,(H,23,27). The Hall–Kier alpha value is -3.51. The van der Waals surface area contributed by atoms with E-state index >= 15 is 0 Å². The summed E-state index contributed by atoms with van der Waals surface area (Å²) in [6.45, 7) is 1.48. The molecule has 4 rings (SSSR count). The summed E-state index contributed by atoms with van der Waals surface area (Å²) in [5, 5.41) is 9.46. The zero-order chi connectivity index (χ0) is 19.5. The zero-order valence-corrected chi connectivity index (χ0v) is 15.9. The smallest absolute Gasteiger partial charge is 0.259 e. The lowest BCUT2D eigenvalue weighted by Crippen LogP contribution is -2.14. The van der Waals surface area contributed by atoms with E-state index in [-0.39, 0.29) is 11.7 Å². The van der Waals surface area contributed by atoms with E-state index in [9.17, 15) is 9.59 Å². The largest absolute Gasteiger partial charge is 0.321 e. The highest BCUT2D eigenvalue weighted by Crippen LogP contribution is 2.29. The van der Waals surface area contributed by atoms with E-state index in [4.69, 9.17) is 0 Å². The normalized spacial score (nSPS) is 10.6. The summed E-state index contributed by atoms with van der Waals surface area (Å²) in [4.78, 5) is 25.8. The van der Waals surface area contributed by atoms with Crippen molar-refractivity contribution in [3.8, 4) is 16.3 Å². The lowest BCUT2D eigenvalue weighted by atomic mass is 10.1. The molecule has 0 saturated heterocycles. The van der Waals surface area contributed by atoms with Crippen molar-refractivity contribution in [3.05, 3.63) is 89.4 Å². The van der Waals surface area contributed by atoms with E-state index in [1.165, 1.54) is 18.3 Å². The molecule has 0 fully saturated rings. The van der Waals surface area contributed by atoms with Gasteiger partial charge in [-0.2, -0.15) is 5.10 Å². The maximum absolute atomic E-state index is 13.1. The van der Waals surface area contributed by atoms with E-state index in [1.807, 2.05) is 47.8 Å². The molecule has 5 nitrogen and oxygen atoms in total. The van der Waals surface area contributed by atoms with Crippen molar-refractivity contribution in [2.45, 2.75) is 6.92 Å². The number of carbonyl (C=O) groups is 2. The molecule has 0 aliphatic heterocycles. The Morgan fingerprint density at radius 3 is 2.39 bits per heavy atom. The predicted molar refractivity (Wildman–Crippen MR) is 111 cm³/mol. The number of nitrogens with one attached hydrogen (secondary N) is 1. The Bertz CT molecular complexity index is 1130. The van der Waals surface area contributed by atoms with Crippen LogP contribution < -0.4 is 5.32 Å². The van der Waals surface area contributed by atoms with Crippen molar-refractivity contribution in [2.24, 2.45) is 0 Å². The van der Waals surface area contributed by atoms with E-state index in [2.05, 4.69) is 10.4 Å². The van der Waals surface area contributed by atoms with Crippen molar-refractivity contribution >= 4 is 28.7 Å². The third-order valence-electron chi connectivity index (χ3n) is 4.29. The topological polar surface area (TPSA) is 64.0 Å². The van der Waals surface area contributed by atoms with Crippen LogP contribution in [0.5, 0.6) is 0 Å². The first-order valence-corrected chi connectivity index (χ1v) is 9.62. The van der Waals surface area contributed by atoms with Gasteiger partial charge in [-0.25, -0.2) is 4.68 Å². The number of amides is 1. The second-order valence-corrected chi connectivity index (χ2v) is 7.15. The fourth-order valence-corrected chi connectivity index (χ4v) is 3.66. The summed E-state index contributed by atoms with van der Waals surface area (Å²) in [7, 11) is 0. The number of hydrogen-bond acceptors (Lipinski definition) is 4. The van der Waals surface area contributed by atoms with Gasteiger partial charge in [-0.15, -0.1) is 11.3 Å². The number of nitrogens with zero attached hydrogens (tertiary/aromatic N) is 2. The fourth-order valence-electron chi connectivity index (χ4n) is 2.94. The molecule has 0 radical (unpaired) electrons. The van der Waals surface area contributed by atoms with Crippen molar-refractivity contribution in [1.29, 1.82) is 0 Å². The molecule has 0 aliphatic carbocycles. The number of carbonyl (C=O) groups excluding carboxylic acids is 2. The molecule has 4 aromatic rings. The summed E-state index contributed by atoms with van der Waals surface area (Å²) in [6.07, 6.45) is 1.72. The van der Waals surface area contributed by atoms with Gasteiger partial charge in [-0.05, 0) is 42.6 Å². The Morgan fingerprint density at radius 2 is 1.68 bits per heavy atom. The van der Waals surface area contributed by atoms with Gasteiger partial charge in [0.2, 0.25) is 0 Å². The first-order chi connectivity index (χ1) is 13.6. The zero-order valence-electron chi connectivity index (χ0n) is 15.1. The van der Waals surface area contributed by atoms with Crippen LogP contribution in [0, 0.1) is 0 Å². The highest BCUT2D eigenvalue weighted by atomic mass is 32.1. The minimum atomic E-state index is -0.306. The predicted octanol–water partition coefficient (Wildman–Crippen LogP) is 5.06. The number of ketones is 1. The summed E-state index contributed by atoms with van der Waals surface area (Å²) < 4.78 is 1.70. The number of Topliss-reactive ketones (excluding diaryl/α,β-unsaturated/α-hetero) is 1. The Balaban J connectivity index is 1.75. The average Bonchev–Trinajstić information content (AvgIpc) is 3.38. The number of rotatable bonds is 5. The lowest BCUT2D eigenvalue weighted by Gasteiger charge is -2.08. The first kappa shape index (κ1) is 17.9. The van der Waals surface area contributed by atoms with Crippen LogP contribution in [0.2, 0.25) is 0 Å². The molecule has 28 heavy (non-hydrogen) atoms. The fraction of sp³-hybridized carbons (Fsp3) is 0.0455. The quantitative estimate of drug-likeness (QED) is 0.487. The third-order valence-corrected chi connectivity index (χ3v) is 5.17. The molecule has 138 valence electrons. The third kappa shape index (κ3) is 3.50. The first-order valence-electron chi connectivity index (χ1n) is 8.74. The number of aromatic nitrogens is 2. The van der Waals surface area contributed by atoms with Crippen molar-refractivity contribution in [2.75, 3.05) is 5.32 Å². The minimum absolute atomic E-state index is 0.102. The molecule has 0 atom stereocenters. The van der Waals surface area contributed by atoms with Gasteiger partial charge in [0.25, 0.3) is 5.91 Å². The van der Waals surface area contributed by atoms with Crippen LogP contribution >= 0.6 is 11.3 Å². The highest BCUT2D eigenvalue weighted by molar-refractivity contribution is 7.13. The molecule has 2 heterocycles. The van der Waals surface area contributed by atoms with E-state index in [0.29, 0.717) is 22.5 Å². The number of hydrogen-bond donors (Lipinski definition) is 1. The highest BCUT2D eigenvalue weighted by Gasteiger charge is 2.20. The molecular formula is C22H17N3O2S. The number of para-hydroxylation sites is 2. The van der Waals surface area contributed by atoms with Gasteiger partial charge in [0.05, 0.1) is 21.8 Å². The van der Waals surface area contributed by atoms with Gasteiger partial charge < -0.3 is 5.32 Å². The van der Waals surface area contributed by atoms with E-state index in [1.54, 1.807) is 35.1 Å². The van der Waals surface area contributed by atoms with Gasteiger partial charge in [0.15, 0.2) is 5.78 Å². The maximum atomic E-state index is 13.1. The van der Waals surface area contributed by atoms with E-state index in [0.717, 1.165) is 10.6 Å². The molecule has 0 spiro atoms. The lowest BCUT2D eigenvalue weighted by molar-refractivity contribution is 0.101. The van der Waals surface area contributed by atoms with Gasteiger partial charge in [0, 0.05) is 11.8 Å². The Kier molecular flexibility index (Phi) is 4.87. The molecular weight excluding hydrogens is 370 g/mol. The summed E-state index contributed by atoms with van der Waals surface area (Å²) in [5.41, 5.74) is 2.89. The van der Waals surface area contributed by atoms with Crippen molar-refractivity contribution in [1.82, 2.24) is 9.78 Å². The number of thiophene rings is 1. The minimum Gasteiger partial charge on any atom is -0.321 e. The van der Waals surface area contributed by atoms with Crippen LogP contribution in [-0.4, -0.2) is 21.5 Å². The molecule has 2 aromatic heterocycles. The van der Waals surface area contributed by atoms with Crippen LogP contribution in [0.4, 0.5) is 5.69 Å². The second kappa shape index (κ2) is 7.62. The SMILES string of the molecule is CC(=O)c1ccccc1NC(=O)c1cn(-c2ccccc2)nc1-c1cccs1. The van der Waals surface area contributed by atoms with Crippen molar-refractivity contribution < 1.29 is 9.59 Å². The van der Waals surface area contributed by atoms with Gasteiger partial charge >= 0.3 is 0 Å². The van der Waals surface area contributed by atoms with E-state index < -0.39 is 0 Å². The molecule has 0 bridgehead atoms. The van der Waals surface area contributed by atoms with Gasteiger partial charge in [0.1, 0.15) is 5.69 Å². The van der Waals surface area contributed by atoms with Gasteiger partial charge in [-0.1, -0.05) is 36.4 Å². The molecule has 1 amide bonds. The van der Waals surface area contributed by atoms with Crippen LogP contribution in [-0.2, 0) is 0 Å². The summed E-state index contributed by atoms with van der Waals surface area (Å²) in [6, 6.07) is 20.5. The van der Waals surface area contributed by atoms with Crippen LogP contribution in [0.3, 0.4) is 0 Å². The van der Waals surface area contributed by atoms with Crippen LogP contribution in [0.15, 0.2) is 78.3 Å².